The topological polar surface area (TPSA) is 88.6 Å². The molecule has 0 unspecified atom stereocenters. The van der Waals surface area contributed by atoms with Crippen molar-refractivity contribution in [3.05, 3.63) is 96.6 Å². The van der Waals surface area contributed by atoms with Gasteiger partial charge in [-0.15, -0.1) is 0 Å². The predicted octanol–water partition coefficient (Wildman–Crippen LogP) is 3.55. The van der Waals surface area contributed by atoms with Crippen LogP contribution >= 0.6 is 11.9 Å². The van der Waals surface area contributed by atoms with E-state index in [1.54, 1.807) is 30.3 Å². The molecule has 0 spiro atoms. The summed E-state index contributed by atoms with van der Waals surface area (Å²) >= 11 is 0.120. The van der Waals surface area contributed by atoms with Gasteiger partial charge in [0.25, 0.3) is 20.0 Å². The lowest BCUT2D eigenvalue weighted by molar-refractivity contribution is 0.108. The number of benzene rings is 3. The molecule has 0 aromatic heterocycles. The third kappa shape index (κ3) is 4.17. The molecule has 0 atom stereocenters. The zero-order chi connectivity index (χ0) is 20.2. The van der Waals surface area contributed by atoms with Crippen molar-refractivity contribution in [2.24, 2.45) is 0 Å². The van der Waals surface area contributed by atoms with Crippen LogP contribution in [-0.4, -0.2) is 25.1 Å². The van der Waals surface area contributed by atoms with Crippen LogP contribution in [0.5, 0.6) is 0 Å². The van der Waals surface area contributed by atoms with Crippen LogP contribution in [0, 0.1) is 0 Å². The second-order valence-electron chi connectivity index (χ2n) is 5.54. The summed E-state index contributed by atoms with van der Waals surface area (Å²) in [6.07, 6.45) is 0. The first-order chi connectivity index (χ1) is 13.3. The van der Waals surface area contributed by atoms with E-state index in [0.29, 0.717) is 0 Å². The molecule has 3 aromatic rings. The van der Waals surface area contributed by atoms with E-state index in [4.69, 9.17) is 0 Å². The summed E-state index contributed by atoms with van der Waals surface area (Å²) in [5.74, 6) is 0. The molecule has 0 aliphatic heterocycles. The Bertz CT molecular complexity index is 1090. The van der Waals surface area contributed by atoms with E-state index >= 15 is 0 Å². The van der Waals surface area contributed by atoms with Crippen molar-refractivity contribution in [2.75, 3.05) is 0 Å². The van der Waals surface area contributed by atoms with Crippen LogP contribution in [0.4, 0.5) is 0 Å². The molecule has 0 saturated heterocycles. The van der Waals surface area contributed by atoms with Gasteiger partial charge in [0.15, 0.2) is 0 Å². The molecular formula is C19H15NO5S3. The van der Waals surface area contributed by atoms with Gasteiger partial charge in [-0.2, -0.15) is 0 Å². The van der Waals surface area contributed by atoms with Gasteiger partial charge in [0.1, 0.15) is 0 Å². The number of rotatable bonds is 6. The zero-order valence-electron chi connectivity index (χ0n) is 14.4. The van der Waals surface area contributed by atoms with Crippen molar-refractivity contribution < 1.29 is 21.6 Å². The average molecular weight is 434 g/mol. The Morgan fingerprint density at radius 2 is 0.964 bits per heavy atom. The van der Waals surface area contributed by atoms with Crippen molar-refractivity contribution in [3.63, 3.8) is 0 Å². The molecule has 0 N–H and O–H groups in total. The number of hydrogen-bond donors (Lipinski definition) is 0. The molecule has 9 heteroatoms. The summed E-state index contributed by atoms with van der Waals surface area (Å²) in [6, 6.07) is 22.1. The van der Waals surface area contributed by atoms with Crippen molar-refractivity contribution in [1.82, 2.24) is 3.12 Å². The molecule has 0 aliphatic carbocycles. The second kappa shape index (κ2) is 8.27. The van der Waals surface area contributed by atoms with Gasteiger partial charge < -0.3 is 0 Å². The van der Waals surface area contributed by atoms with Crippen molar-refractivity contribution in [2.45, 2.75) is 9.79 Å². The SMILES string of the molecule is O=C(SN(S(=O)(=O)c1ccccc1)S(=O)(=O)c1ccccc1)c1ccccc1. The average Bonchev–Trinajstić information content (AvgIpc) is 2.73. The molecule has 144 valence electrons. The third-order valence-corrected chi connectivity index (χ3v) is 9.52. The molecule has 0 saturated carbocycles. The van der Waals surface area contributed by atoms with Gasteiger partial charge in [-0.3, -0.25) is 4.79 Å². The van der Waals surface area contributed by atoms with Crippen LogP contribution in [-0.2, 0) is 20.0 Å². The number of carbonyl (C=O) groups excluding carboxylic acids is 1. The van der Waals surface area contributed by atoms with Gasteiger partial charge in [0, 0.05) is 17.5 Å². The summed E-state index contributed by atoms with van der Waals surface area (Å²) in [6.45, 7) is 0. The van der Waals surface area contributed by atoms with E-state index in [1.165, 1.54) is 60.7 Å². The summed E-state index contributed by atoms with van der Waals surface area (Å²) in [7, 11) is -9.04. The van der Waals surface area contributed by atoms with Crippen LogP contribution in [0.25, 0.3) is 0 Å². The first-order valence-electron chi connectivity index (χ1n) is 8.01. The van der Waals surface area contributed by atoms with E-state index < -0.39 is 25.2 Å². The minimum Gasteiger partial charge on any atom is -0.280 e. The fourth-order valence-electron chi connectivity index (χ4n) is 2.28. The summed E-state index contributed by atoms with van der Waals surface area (Å²) in [5.41, 5.74) is 0.184. The first kappa shape index (κ1) is 20.3. The third-order valence-electron chi connectivity index (χ3n) is 3.64. The Morgan fingerprint density at radius 3 is 1.36 bits per heavy atom. The molecule has 0 fully saturated rings. The molecule has 0 radical (unpaired) electrons. The van der Waals surface area contributed by atoms with Gasteiger partial charge in [-0.25, -0.2) is 16.8 Å². The summed E-state index contributed by atoms with van der Waals surface area (Å²) < 4.78 is 52.6. The molecule has 0 aliphatic rings. The minimum atomic E-state index is -4.52. The highest BCUT2D eigenvalue weighted by molar-refractivity contribution is 8.27. The van der Waals surface area contributed by atoms with Crippen molar-refractivity contribution in [3.8, 4) is 0 Å². The van der Waals surface area contributed by atoms with Gasteiger partial charge in [-0.1, -0.05) is 66.7 Å². The Morgan fingerprint density at radius 1 is 0.607 bits per heavy atom. The minimum absolute atomic E-state index is 0.120. The van der Waals surface area contributed by atoms with Gasteiger partial charge in [-0.05, 0) is 27.4 Å². The number of sulfonamides is 2. The molecule has 0 amide bonds. The monoisotopic (exact) mass is 433 g/mol. The quantitative estimate of drug-likeness (QED) is 0.553. The second-order valence-corrected chi connectivity index (χ2v) is 10.7. The molecule has 0 bridgehead atoms. The fourth-order valence-corrected chi connectivity index (χ4v) is 7.26. The number of carbonyl (C=O) groups is 1. The molecule has 6 nitrogen and oxygen atoms in total. The number of nitrogens with zero attached hydrogens (tertiary/aromatic N) is 1. The maximum atomic E-state index is 13.1. The Labute approximate surface area is 168 Å². The van der Waals surface area contributed by atoms with E-state index in [2.05, 4.69) is 0 Å². The Kier molecular flexibility index (Phi) is 5.99. The molecule has 3 aromatic carbocycles. The van der Waals surface area contributed by atoms with E-state index in [0.717, 1.165) is 0 Å². The van der Waals surface area contributed by atoms with E-state index in [1.807, 2.05) is 0 Å². The lowest BCUT2D eigenvalue weighted by Crippen LogP contribution is -2.32. The van der Waals surface area contributed by atoms with E-state index in [-0.39, 0.29) is 30.4 Å². The fraction of sp³-hybridized carbons (Fsp3) is 0. The largest absolute Gasteiger partial charge is 0.280 e. The van der Waals surface area contributed by atoms with Crippen LogP contribution in [0.3, 0.4) is 0 Å². The highest BCUT2D eigenvalue weighted by Crippen LogP contribution is 2.32. The summed E-state index contributed by atoms with van der Waals surface area (Å²) in [4.78, 5) is 12.1. The lowest BCUT2D eigenvalue weighted by Gasteiger charge is -2.20. The van der Waals surface area contributed by atoms with Crippen LogP contribution in [0.15, 0.2) is 101 Å². The molecular weight excluding hydrogens is 418 g/mol. The summed E-state index contributed by atoms with van der Waals surface area (Å²) in [5, 5.41) is -0.709. The van der Waals surface area contributed by atoms with Crippen LogP contribution < -0.4 is 0 Å². The maximum Gasteiger partial charge on any atom is 0.266 e. The first-order valence-corrected chi connectivity index (χ1v) is 11.7. The molecule has 0 heterocycles. The normalized spacial score (nSPS) is 12.0. The predicted molar refractivity (Wildman–Crippen MR) is 107 cm³/mol. The van der Waals surface area contributed by atoms with Gasteiger partial charge in [0.05, 0.1) is 9.79 Å². The smallest absolute Gasteiger partial charge is 0.266 e. The highest BCUT2D eigenvalue weighted by atomic mass is 32.3. The van der Waals surface area contributed by atoms with Crippen LogP contribution in [0.1, 0.15) is 10.4 Å². The highest BCUT2D eigenvalue weighted by Gasteiger charge is 2.39. The molecule has 28 heavy (non-hydrogen) atoms. The lowest BCUT2D eigenvalue weighted by atomic mass is 10.2. The van der Waals surface area contributed by atoms with Crippen LogP contribution in [0.2, 0.25) is 0 Å². The van der Waals surface area contributed by atoms with Crippen molar-refractivity contribution in [1.29, 1.82) is 0 Å². The maximum absolute atomic E-state index is 13.1. The Hall–Kier alpha value is -2.46. The van der Waals surface area contributed by atoms with E-state index in [9.17, 15) is 21.6 Å². The number of hydrogen-bond acceptors (Lipinski definition) is 6. The Balaban J connectivity index is 2.11. The van der Waals surface area contributed by atoms with Gasteiger partial charge in [0.2, 0.25) is 5.12 Å². The van der Waals surface area contributed by atoms with Gasteiger partial charge >= 0.3 is 0 Å². The molecule has 3 rings (SSSR count). The van der Waals surface area contributed by atoms with Crippen molar-refractivity contribution >= 4 is 37.1 Å². The standard InChI is InChI=1S/C19H15NO5S3/c21-19(16-10-4-1-5-11-16)26-20(27(22,23)17-12-6-2-7-13-17)28(24,25)18-14-8-3-9-15-18/h1-15H. The zero-order valence-corrected chi connectivity index (χ0v) is 16.8.